The third-order valence-electron chi connectivity index (χ3n) is 3.64. The molecule has 0 aliphatic rings. The Balaban J connectivity index is 1.82. The van der Waals surface area contributed by atoms with E-state index in [0.29, 0.717) is 17.9 Å². The molecule has 0 bridgehead atoms. The lowest BCUT2D eigenvalue weighted by molar-refractivity contribution is 0.0696. The van der Waals surface area contributed by atoms with E-state index in [1.807, 2.05) is 19.1 Å². The Kier molecular flexibility index (Phi) is 4.66. The Bertz CT molecular complexity index is 948. The van der Waals surface area contributed by atoms with Crippen LogP contribution in [0.1, 0.15) is 33.4 Å². The third kappa shape index (κ3) is 3.61. The minimum atomic E-state index is -0.987. The molecule has 3 aromatic rings. The van der Waals surface area contributed by atoms with E-state index >= 15 is 0 Å². The second kappa shape index (κ2) is 7.05. The number of fused-ring (bicyclic) bond motifs is 1. The Labute approximate surface area is 144 Å². The van der Waals surface area contributed by atoms with Crippen LogP contribution in [-0.4, -0.2) is 23.5 Å². The SMILES string of the molecule is CCOc1cccc2cc(C(=O)C=Cc3ccc(C(=O)O)cc3)oc12. The third-order valence-corrected chi connectivity index (χ3v) is 3.64. The van der Waals surface area contributed by atoms with Gasteiger partial charge in [0.2, 0.25) is 5.78 Å². The Hall–Kier alpha value is -3.34. The van der Waals surface area contributed by atoms with Gasteiger partial charge in [0.25, 0.3) is 0 Å². The topological polar surface area (TPSA) is 76.7 Å². The molecular formula is C20H16O5. The highest BCUT2D eigenvalue weighted by atomic mass is 16.5. The van der Waals surface area contributed by atoms with Gasteiger partial charge in [-0.2, -0.15) is 0 Å². The largest absolute Gasteiger partial charge is 0.490 e. The summed E-state index contributed by atoms with van der Waals surface area (Å²) in [5, 5.41) is 9.68. The van der Waals surface area contributed by atoms with Crippen molar-refractivity contribution in [2.24, 2.45) is 0 Å². The number of carbonyl (C=O) groups excluding carboxylic acids is 1. The number of hydrogen-bond donors (Lipinski definition) is 1. The molecule has 1 aromatic heterocycles. The van der Waals surface area contributed by atoms with Gasteiger partial charge in [0.15, 0.2) is 17.1 Å². The van der Waals surface area contributed by atoms with Crippen LogP contribution in [0.2, 0.25) is 0 Å². The van der Waals surface area contributed by atoms with Gasteiger partial charge >= 0.3 is 5.97 Å². The Morgan fingerprint density at radius 1 is 1.16 bits per heavy atom. The summed E-state index contributed by atoms with van der Waals surface area (Å²) in [6, 6.07) is 13.4. The number of rotatable bonds is 6. The van der Waals surface area contributed by atoms with Crippen LogP contribution < -0.4 is 4.74 Å². The predicted octanol–water partition coefficient (Wildman–Crippen LogP) is 4.43. The fraction of sp³-hybridized carbons (Fsp3) is 0.100. The normalized spacial score (nSPS) is 11.1. The van der Waals surface area contributed by atoms with Crippen LogP contribution in [0, 0.1) is 0 Å². The summed E-state index contributed by atoms with van der Waals surface area (Å²) in [7, 11) is 0. The second-order valence-corrected chi connectivity index (χ2v) is 5.34. The molecule has 0 fully saturated rings. The highest BCUT2D eigenvalue weighted by Gasteiger charge is 2.13. The molecule has 5 heteroatoms. The van der Waals surface area contributed by atoms with Crippen LogP contribution in [0.15, 0.2) is 59.0 Å². The maximum Gasteiger partial charge on any atom is 0.335 e. The van der Waals surface area contributed by atoms with Crippen molar-refractivity contribution >= 4 is 28.8 Å². The van der Waals surface area contributed by atoms with E-state index < -0.39 is 5.97 Å². The van der Waals surface area contributed by atoms with Gasteiger partial charge in [-0.15, -0.1) is 0 Å². The van der Waals surface area contributed by atoms with Gasteiger partial charge in [0, 0.05) is 5.39 Å². The molecule has 25 heavy (non-hydrogen) atoms. The van der Waals surface area contributed by atoms with Crippen molar-refractivity contribution in [1.29, 1.82) is 0 Å². The van der Waals surface area contributed by atoms with Crippen molar-refractivity contribution in [3.63, 3.8) is 0 Å². The molecule has 2 aromatic carbocycles. The predicted molar refractivity (Wildman–Crippen MR) is 94.1 cm³/mol. The van der Waals surface area contributed by atoms with Gasteiger partial charge in [0.1, 0.15) is 0 Å². The number of carboxylic acid groups (broad SMARTS) is 1. The first-order valence-corrected chi connectivity index (χ1v) is 7.79. The number of para-hydroxylation sites is 1. The summed E-state index contributed by atoms with van der Waals surface area (Å²) in [6.07, 6.45) is 3.01. The fourth-order valence-corrected chi connectivity index (χ4v) is 2.42. The monoisotopic (exact) mass is 336 g/mol. The smallest absolute Gasteiger partial charge is 0.335 e. The molecule has 0 amide bonds. The van der Waals surface area contributed by atoms with E-state index in [0.717, 1.165) is 10.9 Å². The first-order valence-electron chi connectivity index (χ1n) is 7.79. The molecule has 0 atom stereocenters. The van der Waals surface area contributed by atoms with Crippen molar-refractivity contribution in [3.8, 4) is 5.75 Å². The number of hydrogen-bond acceptors (Lipinski definition) is 4. The molecule has 1 heterocycles. The highest BCUT2D eigenvalue weighted by Crippen LogP contribution is 2.29. The molecule has 0 saturated heterocycles. The summed E-state index contributed by atoms with van der Waals surface area (Å²) in [5.41, 5.74) is 1.47. The van der Waals surface area contributed by atoms with E-state index in [9.17, 15) is 9.59 Å². The Morgan fingerprint density at radius 2 is 1.92 bits per heavy atom. The minimum Gasteiger partial charge on any atom is -0.490 e. The number of carboxylic acids is 1. The van der Waals surface area contributed by atoms with Gasteiger partial charge < -0.3 is 14.3 Å². The van der Waals surface area contributed by atoms with E-state index in [1.165, 1.54) is 18.2 Å². The average molecular weight is 336 g/mol. The van der Waals surface area contributed by atoms with Crippen LogP contribution in [-0.2, 0) is 0 Å². The van der Waals surface area contributed by atoms with E-state index in [-0.39, 0.29) is 17.1 Å². The van der Waals surface area contributed by atoms with Crippen LogP contribution in [0.5, 0.6) is 5.75 Å². The van der Waals surface area contributed by atoms with Gasteiger partial charge in [-0.1, -0.05) is 30.3 Å². The van der Waals surface area contributed by atoms with Crippen LogP contribution in [0.25, 0.3) is 17.0 Å². The standard InChI is InChI=1S/C20H16O5/c1-2-24-17-5-3-4-15-12-18(25-19(15)17)16(21)11-8-13-6-9-14(10-7-13)20(22)23/h3-12H,2H2,1H3,(H,22,23). The van der Waals surface area contributed by atoms with Crippen molar-refractivity contribution in [2.75, 3.05) is 6.61 Å². The number of ether oxygens (including phenoxy) is 1. The molecule has 126 valence electrons. The first-order chi connectivity index (χ1) is 12.1. The van der Waals surface area contributed by atoms with Gasteiger partial charge in [-0.25, -0.2) is 4.79 Å². The number of aromatic carboxylic acids is 1. The lowest BCUT2D eigenvalue weighted by Crippen LogP contribution is -1.95. The van der Waals surface area contributed by atoms with Crippen molar-refractivity contribution in [1.82, 2.24) is 0 Å². The molecule has 3 rings (SSSR count). The zero-order valence-corrected chi connectivity index (χ0v) is 13.6. The molecular weight excluding hydrogens is 320 g/mol. The zero-order valence-electron chi connectivity index (χ0n) is 13.6. The molecule has 0 saturated carbocycles. The van der Waals surface area contributed by atoms with Gasteiger partial charge in [-0.05, 0) is 42.8 Å². The number of benzene rings is 2. The number of allylic oxidation sites excluding steroid dienone is 1. The maximum absolute atomic E-state index is 12.3. The summed E-state index contributed by atoms with van der Waals surface area (Å²) in [6.45, 7) is 2.39. The van der Waals surface area contributed by atoms with Crippen LogP contribution >= 0.6 is 0 Å². The summed E-state index contributed by atoms with van der Waals surface area (Å²) >= 11 is 0. The summed E-state index contributed by atoms with van der Waals surface area (Å²) in [5.74, 6) is -0.437. The zero-order chi connectivity index (χ0) is 17.8. The lowest BCUT2D eigenvalue weighted by Gasteiger charge is -2.01. The number of carbonyl (C=O) groups is 2. The van der Waals surface area contributed by atoms with Crippen molar-refractivity contribution < 1.29 is 23.8 Å². The molecule has 1 N–H and O–H groups in total. The molecule has 0 aliphatic heterocycles. The average Bonchev–Trinajstić information content (AvgIpc) is 3.05. The van der Waals surface area contributed by atoms with Crippen LogP contribution in [0.3, 0.4) is 0 Å². The first kappa shape index (κ1) is 16.5. The van der Waals surface area contributed by atoms with Crippen LogP contribution in [0.4, 0.5) is 0 Å². The molecule has 0 radical (unpaired) electrons. The summed E-state index contributed by atoms with van der Waals surface area (Å²) in [4.78, 5) is 23.1. The van der Waals surface area contributed by atoms with Gasteiger partial charge in [-0.3, -0.25) is 4.79 Å². The number of ketones is 1. The molecule has 0 aliphatic carbocycles. The second-order valence-electron chi connectivity index (χ2n) is 5.34. The molecule has 5 nitrogen and oxygen atoms in total. The van der Waals surface area contributed by atoms with E-state index in [4.69, 9.17) is 14.3 Å². The fourth-order valence-electron chi connectivity index (χ4n) is 2.42. The summed E-state index contributed by atoms with van der Waals surface area (Å²) < 4.78 is 11.1. The molecule has 0 unspecified atom stereocenters. The minimum absolute atomic E-state index is 0.198. The quantitative estimate of drug-likeness (QED) is 0.532. The van der Waals surface area contributed by atoms with Crippen molar-refractivity contribution in [2.45, 2.75) is 6.92 Å². The number of furan rings is 1. The maximum atomic E-state index is 12.3. The van der Waals surface area contributed by atoms with E-state index in [2.05, 4.69) is 0 Å². The van der Waals surface area contributed by atoms with Gasteiger partial charge in [0.05, 0.1) is 12.2 Å². The van der Waals surface area contributed by atoms with Crippen molar-refractivity contribution in [3.05, 3.63) is 71.5 Å². The molecule has 0 spiro atoms. The highest BCUT2D eigenvalue weighted by molar-refractivity contribution is 6.07. The lowest BCUT2D eigenvalue weighted by atomic mass is 10.1. The van der Waals surface area contributed by atoms with E-state index in [1.54, 1.807) is 30.3 Å². The Morgan fingerprint density at radius 3 is 2.60 bits per heavy atom.